The predicted molar refractivity (Wildman–Crippen MR) is 56.8 cm³/mol. The van der Waals surface area contributed by atoms with Gasteiger partial charge in [-0.3, -0.25) is 4.79 Å². The minimum absolute atomic E-state index is 0.188. The fourth-order valence-electron chi connectivity index (χ4n) is 1.71. The van der Waals surface area contributed by atoms with Crippen molar-refractivity contribution in [2.24, 2.45) is 0 Å². The number of carbonyl (C=O) groups is 1. The SMILES string of the molecule is Cc1cc(C)c(C)c(C(=O)CO)c1C. The van der Waals surface area contributed by atoms with Crippen molar-refractivity contribution in [1.29, 1.82) is 0 Å². The Morgan fingerprint density at radius 1 is 1.14 bits per heavy atom. The van der Waals surface area contributed by atoms with Crippen molar-refractivity contribution in [1.82, 2.24) is 0 Å². The summed E-state index contributed by atoms with van der Waals surface area (Å²) in [5.41, 5.74) is 4.85. The maximum atomic E-state index is 11.5. The smallest absolute Gasteiger partial charge is 0.188 e. The van der Waals surface area contributed by atoms with Gasteiger partial charge in [0.2, 0.25) is 0 Å². The monoisotopic (exact) mass is 192 g/mol. The summed E-state index contributed by atoms with van der Waals surface area (Å²) in [6.07, 6.45) is 0. The molecule has 1 rings (SSSR count). The van der Waals surface area contributed by atoms with Crippen LogP contribution in [-0.2, 0) is 0 Å². The first-order chi connectivity index (χ1) is 6.49. The van der Waals surface area contributed by atoms with E-state index in [1.54, 1.807) is 0 Å². The summed E-state index contributed by atoms with van der Waals surface area (Å²) >= 11 is 0. The van der Waals surface area contributed by atoms with Gasteiger partial charge in [-0.2, -0.15) is 0 Å². The van der Waals surface area contributed by atoms with E-state index in [4.69, 9.17) is 5.11 Å². The van der Waals surface area contributed by atoms with Crippen LogP contribution in [0.1, 0.15) is 32.6 Å². The van der Waals surface area contributed by atoms with Gasteiger partial charge in [0.25, 0.3) is 0 Å². The topological polar surface area (TPSA) is 37.3 Å². The minimum atomic E-state index is -0.412. The lowest BCUT2D eigenvalue weighted by Gasteiger charge is -2.13. The van der Waals surface area contributed by atoms with Gasteiger partial charge in [0.15, 0.2) is 5.78 Å². The van der Waals surface area contributed by atoms with Crippen molar-refractivity contribution in [3.05, 3.63) is 33.9 Å². The van der Waals surface area contributed by atoms with Crippen LogP contribution in [0.3, 0.4) is 0 Å². The second-order valence-corrected chi connectivity index (χ2v) is 3.72. The molecule has 0 unspecified atom stereocenters. The van der Waals surface area contributed by atoms with Gasteiger partial charge in [0.1, 0.15) is 6.61 Å². The highest BCUT2D eigenvalue weighted by molar-refractivity contribution is 6.00. The molecular weight excluding hydrogens is 176 g/mol. The number of rotatable bonds is 2. The average Bonchev–Trinajstić information content (AvgIpc) is 2.15. The van der Waals surface area contributed by atoms with Gasteiger partial charge in [0.05, 0.1) is 0 Å². The number of Topliss-reactive ketones (excluding diaryl/α,β-unsaturated/α-hetero) is 1. The van der Waals surface area contributed by atoms with Gasteiger partial charge in [-0.1, -0.05) is 6.07 Å². The first kappa shape index (κ1) is 10.9. The lowest BCUT2D eigenvalue weighted by atomic mass is 9.92. The van der Waals surface area contributed by atoms with E-state index in [2.05, 4.69) is 6.07 Å². The molecule has 0 atom stereocenters. The molecule has 1 N–H and O–H groups in total. The van der Waals surface area contributed by atoms with Crippen molar-refractivity contribution in [2.45, 2.75) is 27.7 Å². The highest BCUT2D eigenvalue weighted by Crippen LogP contribution is 2.21. The molecule has 0 fully saturated rings. The highest BCUT2D eigenvalue weighted by Gasteiger charge is 2.14. The van der Waals surface area contributed by atoms with E-state index in [9.17, 15) is 4.79 Å². The molecule has 0 aliphatic heterocycles. The van der Waals surface area contributed by atoms with Crippen LogP contribution in [0.4, 0.5) is 0 Å². The quantitative estimate of drug-likeness (QED) is 0.728. The Hall–Kier alpha value is -1.15. The molecule has 2 nitrogen and oxygen atoms in total. The summed E-state index contributed by atoms with van der Waals surface area (Å²) in [4.78, 5) is 11.5. The van der Waals surface area contributed by atoms with E-state index in [1.165, 1.54) is 0 Å². The third kappa shape index (κ3) is 1.70. The number of aliphatic hydroxyl groups excluding tert-OH is 1. The van der Waals surface area contributed by atoms with Crippen LogP contribution in [0, 0.1) is 27.7 Å². The van der Waals surface area contributed by atoms with E-state index >= 15 is 0 Å². The number of aryl methyl sites for hydroxylation is 2. The van der Waals surface area contributed by atoms with Gasteiger partial charge < -0.3 is 5.11 Å². The van der Waals surface area contributed by atoms with Crippen LogP contribution < -0.4 is 0 Å². The summed E-state index contributed by atoms with van der Waals surface area (Å²) < 4.78 is 0. The molecular formula is C12H16O2. The average molecular weight is 192 g/mol. The molecule has 0 spiro atoms. The fraction of sp³-hybridized carbons (Fsp3) is 0.417. The van der Waals surface area contributed by atoms with E-state index in [0.29, 0.717) is 5.56 Å². The fourth-order valence-corrected chi connectivity index (χ4v) is 1.71. The van der Waals surface area contributed by atoms with Crippen molar-refractivity contribution in [2.75, 3.05) is 6.61 Å². The van der Waals surface area contributed by atoms with E-state index in [1.807, 2.05) is 27.7 Å². The number of aliphatic hydroxyl groups is 1. The molecule has 0 aliphatic carbocycles. The van der Waals surface area contributed by atoms with Crippen molar-refractivity contribution in [3.8, 4) is 0 Å². The third-order valence-electron chi connectivity index (χ3n) is 2.79. The number of ketones is 1. The van der Waals surface area contributed by atoms with Crippen molar-refractivity contribution in [3.63, 3.8) is 0 Å². The molecule has 0 saturated heterocycles. The summed E-state index contributed by atoms with van der Waals surface area (Å²) in [6, 6.07) is 2.07. The van der Waals surface area contributed by atoms with Gasteiger partial charge in [0, 0.05) is 5.56 Å². The first-order valence-corrected chi connectivity index (χ1v) is 4.70. The van der Waals surface area contributed by atoms with Gasteiger partial charge in [-0.25, -0.2) is 0 Å². The first-order valence-electron chi connectivity index (χ1n) is 4.70. The second kappa shape index (κ2) is 3.93. The molecule has 14 heavy (non-hydrogen) atoms. The Labute approximate surface area is 84.6 Å². The Balaban J connectivity index is 3.47. The normalized spacial score (nSPS) is 10.4. The van der Waals surface area contributed by atoms with Crippen LogP contribution in [0.25, 0.3) is 0 Å². The lowest BCUT2D eigenvalue weighted by Crippen LogP contribution is -2.11. The Kier molecular flexibility index (Phi) is 3.06. The molecule has 0 heterocycles. The molecule has 0 amide bonds. The standard InChI is InChI=1S/C12H16O2/c1-7-5-8(2)10(4)12(9(7)3)11(14)6-13/h5,13H,6H2,1-4H3. The van der Waals surface area contributed by atoms with E-state index in [-0.39, 0.29) is 5.78 Å². The predicted octanol–water partition coefficient (Wildman–Crippen LogP) is 2.10. The lowest BCUT2D eigenvalue weighted by molar-refractivity contribution is 0.0902. The van der Waals surface area contributed by atoms with Crippen LogP contribution in [0.5, 0.6) is 0 Å². The molecule has 0 radical (unpaired) electrons. The largest absolute Gasteiger partial charge is 0.388 e. The molecule has 1 aromatic carbocycles. The maximum Gasteiger partial charge on any atom is 0.188 e. The van der Waals surface area contributed by atoms with Crippen LogP contribution in [0.2, 0.25) is 0 Å². The minimum Gasteiger partial charge on any atom is -0.388 e. The number of hydrogen-bond donors (Lipinski definition) is 1. The molecule has 2 heteroatoms. The highest BCUT2D eigenvalue weighted by atomic mass is 16.3. The maximum absolute atomic E-state index is 11.5. The zero-order valence-corrected chi connectivity index (χ0v) is 9.14. The second-order valence-electron chi connectivity index (χ2n) is 3.72. The van der Waals surface area contributed by atoms with Crippen LogP contribution in [0.15, 0.2) is 6.07 Å². The van der Waals surface area contributed by atoms with Crippen molar-refractivity contribution < 1.29 is 9.90 Å². The van der Waals surface area contributed by atoms with Crippen molar-refractivity contribution >= 4 is 5.78 Å². The van der Waals surface area contributed by atoms with E-state index < -0.39 is 6.61 Å². The Morgan fingerprint density at radius 2 is 1.57 bits per heavy atom. The molecule has 76 valence electrons. The molecule has 0 aliphatic rings. The number of benzene rings is 1. The molecule has 0 saturated carbocycles. The summed E-state index contributed by atoms with van der Waals surface area (Å²) in [6.45, 7) is 7.39. The zero-order valence-electron chi connectivity index (χ0n) is 9.14. The molecule has 0 bridgehead atoms. The van der Waals surface area contributed by atoms with Crippen LogP contribution >= 0.6 is 0 Å². The summed E-state index contributed by atoms with van der Waals surface area (Å²) in [7, 11) is 0. The molecule has 1 aromatic rings. The third-order valence-corrected chi connectivity index (χ3v) is 2.79. The van der Waals surface area contributed by atoms with Gasteiger partial charge in [-0.15, -0.1) is 0 Å². The zero-order chi connectivity index (χ0) is 10.9. The number of carbonyl (C=O) groups excluding carboxylic acids is 1. The van der Waals surface area contributed by atoms with Gasteiger partial charge in [-0.05, 0) is 49.9 Å². The Bertz CT molecular complexity index is 352. The van der Waals surface area contributed by atoms with E-state index in [0.717, 1.165) is 22.3 Å². The van der Waals surface area contributed by atoms with Crippen LogP contribution in [-0.4, -0.2) is 17.5 Å². The summed E-state index contributed by atoms with van der Waals surface area (Å²) in [5, 5.41) is 8.87. The molecule has 0 aromatic heterocycles. The summed E-state index contributed by atoms with van der Waals surface area (Å²) in [5.74, 6) is -0.188. The Morgan fingerprint density at radius 3 is 1.93 bits per heavy atom. The van der Waals surface area contributed by atoms with Gasteiger partial charge >= 0.3 is 0 Å². The number of hydrogen-bond acceptors (Lipinski definition) is 2.